The molecule has 0 aliphatic rings. The van der Waals surface area contributed by atoms with Crippen LogP contribution in [-0.2, 0) is 19.4 Å². The lowest BCUT2D eigenvalue weighted by atomic mass is 10.1. The molecule has 1 N–H and O–H groups in total. The zero-order valence-corrected chi connectivity index (χ0v) is 16.5. The standard InChI is InChI=1S/C19H19ClFN3O2S/c1-25-16-7-6-12(10-17(16)26-2)8-9-24-18(22-23-19(24)27)11-13-14(20)4-3-5-15(13)21/h3-7,10H,8-9,11H2,1-2H3,(H,23,27). The van der Waals surface area contributed by atoms with Crippen molar-refractivity contribution in [3.8, 4) is 11.5 Å². The average Bonchev–Trinajstić information content (AvgIpc) is 3.02. The number of H-pyrrole nitrogens is 1. The Labute approximate surface area is 166 Å². The Kier molecular flexibility index (Phi) is 6.13. The van der Waals surface area contributed by atoms with E-state index < -0.39 is 0 Å². The van der Waals surface area contributed by atoms with Gasteiger partial charge in [-0.05, 0) is 48.5 Å². The Morgan fingerprint density at radius 2 is 1.96 bits per heavy atom. The monoisotopic (exact) mass is 407 g/mol. The summed E-state index contributed by atoms with van der Waals surface area (Å²) in [5, 5.41) is 7.39. The molecule has 0 bridgehead atoms. The second-order valence-corrected chi connectivity index (χ2v) is 6.71. The molecule has 0 radical (unpaired) electrons. The van der Waals surface area contributed by atoms with Crippen molar-refractivity contribution in [2.75, 3.05) is 14.2 Å². The van der Waals surface area contributed by atoms with Crippen molar-refractivity contribution in [3.05, 3.63) is 69.0 Å². The molecule has 0 atom stereocenters. The SMILES string of the molecule is COc1ccc(CCn2c(Cc3c(F)cccc3Cl)n[nH]c2=S)cc1OC. The quantitative estimate of drug-likeness (QED) is 0.582. The number of aromatic nitrogens is 3. The Bertz CT molecular complexity index is 983. The highest BCUT2D eigenvalue weighted by Crippen LogP contribution is 2.28. The third-order valence-electron chi connectivity index (χ3n) is 4.31. The second kappa shape index (κ2) is 8.54. The van der Waals surface area contributed by atoms with Crippen LogP contribution in [-0.4, -0.2) is 29.0 Å². The fourth-order valence-electron chi connectivity index (χ4n) is 2.85. The molecule has 27 heavy (non-hydrogen) atoms. The predicted molar refractivity (Wildman–Crippen MR) is 105 cm³/mol. The number of ether oxygens (including phenoxy) is 2. The number of rotatable bonds is 7. The van der Waals surface area contributed by atoms with Gasteiger partial charge in [-0.2, -0.15) is 5.10 Å². The summed E-state index contributed by atoms with van der Waals surface area (Å²) in [4.78, 5) is 0. The van der Waals surface area contributed by atoms with Crippen molar-refractivity contribution in [2.24, 2.45) is 0 Å². The lowest BCUT2D eigenvalue weighted by Gasteiger charge is -2.11. The Morgan fingerprint density at radius 1 is 1.19 bits per heavy atom. The molecule has 1 aromatic heterocycles. The normalized spacial score (nSPS) is 10.8. The minimum Gasteiger partial charge on any atom is -0.493 e. The summed E-state index contributed by atoms with van der Waals surface area (Å²) < 4.78 is 27.0. The number of methoxy groups -OCH3 is 2. The van der Waals surface area contributed by atoms with Crippen LogP contribution in [0.1, 0.15) is 17.0 Å². The average molecular weight is 408 g/mol. The first-order valence-corrected chi connectivity index (χ1v) is 9.10. The second-order valence-electron chi connectivity index (χ2n) is 5.91. The Hall–Kier alpha value is -2.38. The van der Waals surface area contributed by atoms with Gasteiger partial charge in [0.05, 0.1) is 14.2 Å². The summed E-state index contributed by atoms with van der Waals surface area (Å²) in [7, 11) is 3.20. The molecular formula is C19H19ClFN3O2S. The molecule has 0 saturated carbocycles. The van der Waals surface area contributed by atoms with E-state index in [-0.39, 0.29) is 12.2 Å². The third kappa shape index (κ3) is 4.31. The highest BCUT2D eigenvalue weighted by Gasteiger charge is 2.13. The van der Waals surface area contributed by atoms with E-state index in [1.807, 2.05) is 22.8 Å². The number of hydrogen-bond acceptors (Lipinski definition) is 4. The molecule has 0 unspecified atom stereocenters. The first-order chi connectivity index (χ1) is 13.0. The van der Waals surface area contributed by atoms with E-state index in [2.05, 4.69) is 10.2 Å². The van der Waals surface area contributed by atoms with Crippen LogP contribution in [0.5, 0.6) is 11.5 Å². The molecule has 0 fully saturated rings. The van der Waals surface area contributed by atoms with Gasteiger partial charge in [0, 0.05) is 23.6 Å². The first-order valence-electron chi connectivity index (χ1n) is 8.31. The topological polar surface area (TPSA) is 52.1 Å². The third-order valence-corrected chi connectivity index (χ3v) is 4.97. The number of nitrogens with one attached hydrogen (secondary N) is 1. The van der Waals surface area contributed by atoms with Crippen molar-refractivity contribution >= 4 is 23.8 Å². The van der Waals surface area contributed by atoms with Gasteiger partial charge in [0.15, 0.2) is 16.3 Å². The van der Waals surface area contributed by atoms with E-state index >= 15 is 0 Å². The first kappa shape index (κ1) is 19.4. The van der Waals surface area contributed by atoms with Gasteiger partial charge in [-0.1, -0.05) is 23.7 Å². The van der Waals surface area contributed by atoms with E-state index in [0.29, 0.717) is 45.6 Å². The van der Waals surface area contributed by atoms with Crippen LogP contribution in [0.25, 0.3) is 0 Å². The van der Waals surface area contributed by atoms with Crippen LogP contribution in [0.2, 0.25) is 5.02 Å². The Balaban J connectivity index is 1.81. The molecular weight excluding hydrogens is 389 g/mol. The molecule has 8 heteroatoms. The summed E-state index contributed by atoms with van der Waals surface area (Å²) in [6.45, 7) is 0.590. The minimum absolute atomic E-state index is 0.255. The van der Waals surface area contributed by atoms with Crippen molar-refractivity contribution in [1.82, 2.24) is 14.8 Å². The van der Waals surface area contributed by atoms with Crippen molar-refractivity contribution in [2.45, 2.75) is 19.4 Å². The number of halogens is 2. The van der Waals surface area contributed by atoms with Crippen molar-refractivity contribution in [3.63, 3.8) is 0 Å². The molecule has 1 heterocycles. The predicted octanol–water partition coefficient (Wildman–Crippen LogP) is 4.58. The zero-order chi connectivity index (χ0) is 19.4. The van der Waals surface area contributed by atoms with E-state index in [1.165, 1.54) is 6.07 Å². The number of hydrogen-bond donors (Lipinski definition) is 1. The van der Waals surface area contributed by atoms with Gasteiger partial charge < -0.3 is 14.0 Å². The largest absolute Gasteiger partial charge is 0.493 e. The van der Waals surface area contributed by atoms with Gasteiger partial charge in [-0.3, -0.25) is 5.10 Å². The highest BCUT2D eigenvalue weighted by molar-refractivity contribution is 7.71. The van der Waals surface area contributed by atoms with Gasteiger partial charge in [0.25, 0.3) is 0 Å². The molecule has 0 saturated heterocycles. The molecule has 0 aliphatic heterocycles. The molecule has 0 aliphatic carbocycles. The van der Waals surface area contributed by atoms with Gasteiger partial charge in [-0.25, -0.2) is 4.39 Å². The maximum absolute atomic E-state index is 14.1. The number of benzene rings is 2. The van der Waals surface area contributed by atoms with Crippen LogP contribution in [0.4, 0.5) is 4.39 Å². The molecule has 142 valence electrons. The number of aromatic amines is 1. The van der Waals surface area contributed by atoms with Crippen LogP contribution in [0.15, 0.2) is 36.4 Å². The number of nitrogens with zero attached hydrogens (tertiary/aromatic N) is 2. The lowest BCUT2D eigenvalue weighted by Crippen LogP contribution is -2.08. The lowest BCUT2D eigenvalue weighted by molar-refractivity contribution is 0.354. The molecule has 0 spiro atoms. The van der Waals surface area contributed by atoms with E-state index in [0.717, 1.165) is 5.56 Å². The Morgan fingerprint density at radius 3 is 2.67 bits per heavy atom. The van der Waals surface area contributed by atoms with Gasteiger partial charge in [0.1, 0.15) is 11.6 Å². The van der Waals surface area contributed by atoms with E-state index in [9.17, 15) is 4.39 Å². The summed E-state index contributed by atoms with van der Waals surface area (Å²) in [5.41, 5.74) is 1.46. The smallest absolute Gasteiger partial charge is 0.195 e. The molecule has 3 aromatic rings. The molecule has 5 nitrogen and oxygen atoms in total. The summed E-state index contributed by atoms with van der Waals surface area (Å²) in [6.07, 6.45) is 0.955. The van der Waals surface area contributed by atoms with Crippen LogP contribution >= 0.6 is 23.8 Å². The van der Waals surface area contributed by atoms with Crippen LogP contribution in [0, 0.1) is 10.6 Å². The maximum atomic E-state index is 14.1. The van der Waals surface area contributed by atoms with E-state index in [4.69, 9.17) is 33.3 Å². The molecule has 0 amide bonds. The van der Waals surface area contributed by atoms with Crippen LogP contribution in [0.3, 0.4) is 0 Å². The highest BCUT2D eigenvalue weighted by atomic mass is 35.5. The van der Waals surface area contributed by atoms with E-state index in [1.54, 1.807) is 26.4 Å². The summed E-state index contributed by atoms with van der Waals surface area (Å²) in [6, 6.07) is 10.4. The minimum atomic E-state index is -0.358. The molecule has 3 rings (SSSR count). The van der Waals surface area contributed by atoms with Crippen molar-refractivity contribution < 1.29 is 13.9 Å². The van der Waals surface area contributed by atoms with Crippen LogP contribution < -0.4 is 9.47 Å². The fraction of sp³-hybridized carbons (Fsp3) is 0.263. The zero-order valence-electron chi connectivity index (χ0n) is 15.0. The molecule has 2 aromatic carbocycles. The fourth-order valence-corrected chi connectivity index (χ4v) is 3.32. The summed E-state index contributed by atoms with van der Waals surface area (Å²) in [5.74, 6) is 1.62. The van der Waals surface area contributed by atoms with Gasteiger partial charge in [0.2, 0.25) is 0 Å². The van der Waals surface area contributed by atoms with Gasteiger partial charge >= 0.3 is 0 Å². The maximum Gasteiger partial charge on any atom is 0.195 e. The van der Waals surface area contributed by atoms with Gasteiger partial charge in [-0.15, -0.1) is 0 Å². The summed E-state index contributed by atoms with van der Waals surface area (Å²) >= 11 is 11.5. The van der Waals surface area contributed by atoms with Crippen molar-refractivity contribution in [1.29, 1.82) is 0 Å². The number of aryl methyl sites for hydroxylation is 1.